The Morgan fingerprint density at radius 1 is 1.17 bits per heavy atom. The van der Waals surface area contributed by atoms with Gasteiger partial charge in [0.2, 0.25) is 11.8 Å². The van der Waals surface area contributed by atoms with Gasteiger partial charge >= 0.3 is 0 Å². The minimum atomic E-state index is -0.00246. The number of aryl methyl sites for hydroxylation is 1. The maximum absolute atomic E-state index is 5.97. The second-order valence-corrected chi connectivity index (χ2v) is 9.67. The highest BCUT2D eigenvalue weighted by Crippen LogP contribution is 2.42. The second kappa shape index (κ2) is 7.76. The highest BCUT2D eigenvalue weighted by Gasteiger charge is 2.31. The van der Waals surface area contributed by atoms with Gasteiger partial charge in [-0.05, 0) is 50.3 Å². The number of rotatable bonds is 7. The van der Waals surface area contributed by atoms with Gasteiger partial charge in [-0.25, -0.2) is 0 Å². The highest BCUT2D eigenvalue weighted by molar-refractivity contribution is 7.99. The van der Waals surface area contributed by atoms with E-state index in [1.54, 1.807) is 23.1 Å². The molecule has 1 fully saturated rings. The van der Waals surface area contributed by atoms with Crippen molar-refractivity contribution < 1.29 is 4.42 Å². The Bertz CT molecular complexity index is 1110. The van der Waals surface area contributed by atoms with Crippen molar-refractivity contribution in [3.05, 3.63) is 63.9 Å². The number of thiophene rings is 1. The summed E-state index contributed by atoms with van der Waals surface area (Å²) in [5.74, 6) is 2.20. The third kappa shape index (κ3) is 4.00. The summed E-state index contributed by atoms with van der Waals surface area (Å²) in [7, 11) is 0. The first kappa shape index (κ1) is 18.6. The molecule has 29 heavy (non-hydrogen) atoms. The second-order valence-electron chi connectivity index (χ2n) is 7.33. The van der Waals surface area contributed by atoms with Gasteiger partial charge in [-0.2, -0.15) is 0 Å². The highest BCUT2D eigenvalue weighted by atomic mass is 32.2. The Labute approximate surface area is 177 Å². The lowest BCUT2D eigenvalue weighted by Crippen LogP contribution is -2.04. The van der Waals surface area contributed by atoms with Gasteiger partial charge in [0.15, 0.2) is 5.16 Å². The Morgan fingerprint density at radius 2 is 2.07 bits per heavy atom. The number of thioether (sulfide) groups is 1. The minimum Gasteiger partial charge on any atom is -0.419 e. The van der Waals surface area contributed by atoms with Crippen LogP contribution in [0.5, 0.6) is 0 Å². The Balaban J connectivity index is 1.36. The summed E-state index contributed by atoms with van der Waals surface area (Å²) in [4.78, 5) is 1.31. The fourth-order valence-corrected chi connectivity index (χ4v) is 4.95. The van der Waals surface area contributed by atoms with Crippen molar-refractivity contribution in [1.82, 2.24) is 25.0 Å². The molecule has 0 unspecified atom stereocenters. The predicted octanol–water partition coefficient (Wildman–Crippen LogP) is 5.48. The van der Waals surface area contributed by atoms with Gasteiger partial charge in [-0.3, -0.25) is 0 Å². The maximum Gasteiger partial charge on any atom is 0.247 e. The minimum absolute atomic E-state index is 0.00246. The molecule has 1 aliphatic rings. The van der Waals surface area contributed by atoms with Crippen molar-refractivity contribution in [2.45, 2.75) is 49.6 Å². The van der Waals surface area contributed by atoms with E-state index >= 15 is 0 Å². The molecule has 4 aromatic rings. The number of hydrogen-bond donors (Lipinski definition) is 0. The summed E-state index contributed by atoms with van der Waals surface area (Å²) in [6.45, 7) is 4.13. The molecule has 0 radical (unpaired) electrons. The van der Waals surface area contributed by atoms with Gasteiger partial charge in [-0.15, -0.1) is 31.7 Å². The van der Waals surface area contributed by atoms with Gasteiger partial charge in [0.1, 0.15) is 5.82 Å². The van der Waals surface area contributed by atoms with E-state index in [0.717, 1.165) is 23.0 Å². The van der Waals surface area contributed by atoms with Crippen LogP contribution in [0.1, 0.15) is 53.2 Å². The lowest BCUT2D eigenvalue weighted by molar-refractivity contribution is 0.508. The zero-order valence-corrected chi connectivity index (χ0v) is 17.9. The molecule has 0 spiro atoms. The Kier molecular flexibility index (Phi) is 4.97. The molecular weight excluding hydrogens is 402 g/mol. The van der Waals surface area contributed by atoms with Gasteiger partial charge < -0.3 is 8.98 Å². The van der Waals surface area contributed by atoms with E-state index in [2.05, 4.69) is 68.5 Å². The van der Waals surface area contributed by atoms with E-state index in [1.807, 2.05) is 12.1 Å². The summed E-state index contributed by atoms with van der Waals surface area (Å²) in [6.07, 6.45) is 3.21. The molecule has 0 aliphatic heterocycles. The molecule has 8 heteroatoms. The molecule has 3 heterocycles. The lowest BCUT2D eigenvalue weighted by Gasteiger charge is -2.10. The fraction of sp³-hybridized carbons (Fsp3) is 0.333. The molecule has 0 saturated heterocycles. The van der Waals surface area contributed by atoms with Crippen LogP contribution in [0.2, 0.25) is 0 Å². The fourth-order valence-electron chi connectivity index (χ4n) is 3.28. The van der Waals surface area contributed by atoms with E-state index < -0.39 is 0 Å². The third-order valence-electron chi connectivity index (χ3n) is 4.90. The molecule has 0 N–H and O–H groups in total. The monoisotopic (exact) mass is 423 g/mol. The standard InChI is InChI=1S/C21H21N5OS2/c1-13-5-3-6-15(11-13)20-24-23-19(27-20)14(2)29-21-25-22-18(26(21)16-8-9-16)12-17-7-4-10-28-17/h3-7,10-11,14,16H,8-9,12H2,1-2H3/t14-/m0/s1. The van der Waals surface area contributed by atoms with E-state index in [1.165, 1.54) is 23.3 Å². The zero-order chi connectivity index (χ0) is 19.8. The molecule has 6 nitrogen and oxygen atoms in total. The van der Waals surface area contributed by atoms with Crippen LogP contribution in [0.4, 0.5) is 0 Å². The third-order valence-corrected chi connectivity index (χ3v) is 6.82. The molecule has 0 amide bonds. The Morgan fingerprint density at radius 3 is 2.83 bits per heavy atom. The van der Waals surface area contributed by atoms with Crippen molar-refractivity contribution >= 4 is 23.1 Å². The largest absolute Gasteiger partial charge is 0.419 e. The smallest absolute Gasteiger partial charge is 0.247 e. The van der Waals surface area contributed by atoms with Crippen LogP contribution in [-0.4, -0.2) is 25.0 Å². The molecule has 1 aliphatic carbocycles. The quantitative estimate of drug-likeness (QED) is 0.367. The van der Waals surface area contributed by atoms with Crippen molar-refractivity contribution in [3.63, 3.8) is 0 Å². The predicted molar refractivity (Wildman–Crippen MR) is 114 cm³/mol. The van der Waals surface area contributed by atoms with Crippen molar-refractivity contribution in [1.29, 1.82) is 0 Å². The summed E-state index contributed by atoms with van der Waals surface area (Å²) < 4.78 is 8.27. The molecule has 5 rings (SSSR count). The van der Waals surface area contributed by atoms with Crippen LogP contribution in [0.15, 0.2) is 51.4 Å². The molecule has 0 bridgehead atoms. The molecule has 1 atom stereocenters. The van der Waals surface area contributed by atoms with Gasteiger partial charge in [0, 0.05) is 22.9 Å². The average Bonchev–Trinajstić information content (AvgIpc) is 3.13. The van der Waals surface area contributed by atoms with Gasteiger partial charge in [-0.1, -0.05) is 35.5 Å². The molecule has 3 aromatic heterocycles. The summed E-state index contributed by atoms with van der Waals surface area (Å²) in [6, 6.07) is 12.8. The Hall–Kier alpha value is -2.45. The van der Waals surface area contributed by atoms with Crippen LogP contribution in [0.25, 0.3) is 11.5 Å². The summed E-state index contributed by atoms with van der Waals surface area (Å²) in [5, 5.41) is 20.5. The first-order chi connectivity index (χ1) is 14.2. The number of benzene rings is 1. The van der Waals surface area contributed by atoms with Gasteiger partial charge in [0.25, 0.3) is 0 Å². The average molecular weight is 424 g/mol. The first-order valence-corrected chi connectivity index (χ1v) is 11.5. The van der Waals surface area contributed by atoms with E-state index in [9.17, 15) is 0 Å². The zero-order valence-electron chi connectivity index (χ0n) is 16.3. The van der Waals surface area contributed by atoms with Gasteiger partial charge in [0.05, 0.1) is 5.25 Å². The van der Waals surface area contributed by atoms with Crippen molar-refractivity contribution in [2.75, 3.05) is 0 Å². The molecule has 148 valence electrons. The van der Waals surface area contributed by atoms with Crippen LogP contribution < -0.4 is 0 Å². The molecular formula is C21H21N5OS2. The van der Waals surface area contributed by atoms with Crippen molar-refractivity contribution in [3.8, 4) is 11.5 Å². The van der Waals surface area contributed by atoms with Crippen LogP contribution in [0.3, 0.4) is 0 Å². The maximum atomic E-state index is 5.97. The van der Waals surface area contributed by atoms with Crippen molar-refractivity contribution in [2.24, 2.45) is 0 Å². The van der Waals surface area contributed by atoms with E-state index in [4.69, 9.17) is 4.42 Å². The number of hydrogen-bond acceptors (Lipinski definition) is 7. The molecule has 1 aromatic carbocycles. The first-order valence-electron chi connectivity index (χ1n) is 9.70. The van der Waals surface area contributed by atoms with E-state index in [-0.39, 0.29) is 5.25 Å². The van der Waals surface area contributed by atoms with Crippen LogP contribution in [0, 0.1) is 6.92 Å². The normalized spacial score (nSPS) is 15.0. The van der Waals surface area contributed by atoms with E-state index in [0.29, 0.717) is 17.8 Å². The summed E-state index contributed by atoms with van der Waals surface area (Å²) >= 11 is 3.39. The lowest BCUT2D eigenvalue weighted by atomic mass is 10.1. The van der Waals surface area contributed by atoms with Crippen LogP contribution >= 0.6 is 23.1 Å². The topological polar surface area (TPSA) is 69.6 Å². The summed E-state index contributed by atoms with van der Waals surface area (Å²) in [5.41, 5.74) is 2.11. The number of nitrogens with zero attached hydrogens (tertiary/aromatic N) is 5. The molecule has 1 saturated carbocycles. The van der Waals surface area contributed by atoms with Crippen LogP contribution in [-0.2, 0) is 6.42 Å². The number of aromatic nitrogens is 5. The SMILES string of the molecule is Cc1cccc(-c2nnc([C@H](C)Sc3nnc(Cc4cccs4)n3C3CC3)o2)c1.